The highest BCUT2D eigenvalue weighted by Gasteiger charge is 2.29. The average molecular weight is 261 g/mol. The molecule has 1 heterocycles. The van der Waals surface area contributed by atoms with Crippen molar-refractivity contribution < 1.29 is 4.79 Å². The van der Waals surface area contributed by atoms with Crippen LogP contribution in [0.25, 0.3) is 0 Å². The first-order valence-corrected chi connectivity index (χ1v) is 6.84. The van der Waals surface area contributed by atoms with Gasteiger partial charge in [0.05, 0.1) is 0 Å². The Morgan fingerprint density at radius 3 is 2.84 bits per heavy atom. The minimum atomic E-state index is -0.0285. The van der Waals surface area contributed by atoms with Crippen molar-refractivity contribution in [3.63, 3.8) is 0 Å². The molecule has 1 aliphatic carbocycles. The zero-order valence-corrected chi connectivity index (χ0v) is 12.3. The van der Waals surface area contributed by atoms with E-state index in [4.69, 9.17) is 0 Å². The molecule has 1 aliphatic rings. The fraction of sp³-hybridized carbons (Fsp3) is 0.600. The molecule has 1 amide bonds. The molecule has 2 rings (SSSR count). The number of likely N-dealkylation sites (N-methyl/N-ethyl adjacent to an activating group) is 1. The zero-order valence-electron chi connectivity index (χ0n) is 12.3. The maximum Gasteiger partial charge on any atom is 0.329 e. The predicted octanol–water partition coefficient (Wildman–Crippen LogP) is 3.31. The lowest BCUT2D eigenvalue weighted by Crippen LogP contribution is -2.36. The van der Waals surface area contributed by atoms with Crippen LogP contribution in [-0.2, 0) is 0 Å². The second-order valence-corrected chi connectivity index (χ2v) is 6.10. The van der Waals surface area contributed by atoms with Gasteiger partial charge in [-0.3, -0.25) is 4.57 Å². The van der Waals surface area contributed by atoms with Gasteiger partial charge in [-0.1, -0.05) is 19.4 Å². The standard InChI is InChI=1S/C15H23N3O/c1-12-6-5-7-15(2,3)13(12)10-17(4)14(19)18-9-8-16-11-18/h8-9,11H,5-7,10H2,1-4H3. The molecule has 4 nitrogen and oxygen atoms in total. The molecule has 0 aromatic carbocycles. The number of hydrogen-bond acceptors (Lipinski definition) is 2. The summed E-state index contributed by atoms with van der Waals surface area (Å²) in [5, 5.41) is 0. The van der Waals surface area contributed by atoms with Gasteiger partial charge < -0.3 is 4.90 Å². The molecule has 0 saturated carbocycles. The van der Waals surface area contributed by atoms with Crippen molar-refractivity contribution in [2.75, 3.05) is 13.6 Å². The lowest BCUT2D eigenvalue weighted by molar-refractivity contribution is 0.209. The Labute approximate surface area is 115 Å². The van der Waals surface area contributed by atoms with Gasteiger partial charge in [-0.2, -0.15) is 0 Å². The number of allylic oxidation sites excluding steroid dienone is 1. The lowest BCUT2D eigenvalue weighted by Gasteiger charge is -2.36. The summed E-state index contributed by atoms with van der Waals surface area (Å²) in [7, 11) is 1.85. The molecule has 0 N–H and O–H groups in total. The molecule has 0 bridgehead atoms. The first kappa shape index (κ1) is 13.8. The number of aromatic nitrogens is 2. The summed E-state index contributed by atoms with van der Waals surface area (Å²) in [6.45, 7) is 7.46. The SMILES string of the molecule is CC1=C(CN(C)C(=O)n2ccnc2)C(C)(C)CCC1. The van der Waals surface area contributed by atoms with Crippen LogP contribution < -0.4 is 0 Å². The van der Waals surface area contributed by atoms with E-state index in [1.807, 2.05) is 7.05 Å². The molecule has 0 spiro atoms. The van der Waals surface area contributed by atoms with E-state index in [0.717, 1.165) is 6.42 Å². The predicted molar refractivity (Wildman–Crippen MR) is 76.0 cm³/mol. The molecule has 0 radical (unpaired) electrons. The van der Waals surface area contributed by atoms with Gasteiger partial charge in [0.2, 0.25) is 0 Å². The minimum Gasteiger partial charge on any atom is -0.323 e. The van der Waals surface area contributed by atoms with E-state index >= 15 is 0 Å². The first-order valence-electron chi connectivity index (χ1n) is 6.84. The molecule has 0 atom stereocenters. The molecule has 0 aliphatic heterocycles. The van der Waals surface area contributed by atoms with Gasteiger partial charge in [0.15, 0.2) is 0 Å². The summed E-state index contributed by atoms with van der Waals surface area (Å²) in [6.07, 6.45) is 8.47. The molecule has 1 aromatic rings. The molecule has 0 fully saturated rings. The minimum absolute atomic E-state index is 0.0285. The van der Waals surface area contributed by atoms with Crippen LogP contribution in [-0.4, -0.2) is 34.1 Å². The van der Waals surface area contributed by atoms with Crippen LogP contribution in [0.3, 0.4) is 0 Å². The third kappa shape index (κ3) is 2.88. The molecule has 1 aromatic heterocycles. The van der Waals surface area contributed by atoms with Crippen LogP contribution >= 0.6 is 0 Å². The van der Waals surface area contributed by atoms with Gasteiger partial charge in [-0.25, -0.2) is 9.78 Å². The summed E-state index contributed by atoms with van der Waals surface area (Å²) in [5.74, 6) is 0. The molecule has 0 saturated heterocycles. The van der Waals surface area contributed by atoms with Crippen molar-refractivity contribution >= 4 is 6.03 Å². The fourth-order valence-electron chi connectivity index (χ4n) is 2.90. The third-order valence-electron chi connectivity index (χ3n) is 4.13. The summed E-state index contributed by atoms with van der Waals surface area (Å²) >= 11 is 0. The summed E-state index contributed by atoms with van der Waals surface area (Å²) in [5.41, 5.74) is 3.06. The Balaban J connectivity index is 2.14. The Morgan fingerprint density at radius 1 is 1.53 bits per heavy atom. The highest BCUT2D eigenvalue weighted by atomic mass is 16.2. The Bertz CT molecular complexity index is 485. The Kier molecular flexibility index (Phi) is 3.78. The number of hydrogen-bond donors (Lipinski definition) is 0. The van der Waals surface area contributed by atoms with E-state index in [9.17, 15) is 4.79 Å². The number of rotatable bonds is 2. The van der Waals surface area contributed by atoms with Crippen LogP contribution in [0.4, 0.5) is 4.79 Å². The first-order chi connectivity index (χ1) is 8.92. The summed E-state index contributed by atoms with van der Waals surface area (Å²) < 4.78 is 1.52. The molecule has 0 unspecified atom stereocenters. The fourth-order valence-corrected chi connectivity index (χ4v) is 2.90. The molecular formula is C15H23N3O. The molecule has 104 valence electrons. The third-order valence-corrected chi connectivity index (χ3v) is 4.13. The van der Waals surface area contributed by atoms with E-state index in [1.165, 1.54) is 28.6 Å². The van der Waals surface area contributed by atoms with Crippen LogP contribution in [0.2, 0.25) is 0 Å². The Morgan fingerprint density at radius 2 is 2.26 bits per heavy atom. The van der Waals surface area contributed by atoms with Crippen molar-refractivity contribution in [3.8, 4) is 0 Å². The largest absolute Gasteiger partial charge is 0.329 e. The quantitative estimate of drug-likeness (QED) is 0.766. The summed E-state index contributed by atoms with van der Waals surface area (Å²) in [6, 6.07) is -0.0285. The highest BCUT2D eigenvalue weighted by molar-refractivity contribution is 5.76. The van der Waals surface area contributed by atoms with Gasteiger partial charge in [0.25, 0.3) is 0 Å². The van der Waals surface area contributed by atoms with Crippen molar-refractivity contribution in [1.82, 2.24) is 14.5 Å². The normalized spacial score (nSPS) is 18.5. The van der Waals surface area contributed by atoms with E-state index in [0.29, 0.717) is 6.54 Å². The van der Waals surface area contributed by atoms with Crippen molar-refractivity contribution in [3.05, 3.63) is 29.9 Å². The van der Waals surface area contributed by atoms with E-state index in [1.54, 1.807) is 23.6 Å². The zero-order chi connectivity index (χ0) is 14.0. The average Bonchev–Trinajstić information content (AvgIpc) is 2.86. The maximum atomic E-state index is 12.2. The Hall–Kier alpha value is -1.58. The molecular weight excluding hydrogens is 238 g/mol. The van der Waals surface area contributed by atoms with Crippen LogP contribution in [0.1, 0.15) is 40.0 Å². The van der Waals surface area contributed by atoms with Gasteiger partial charge in [-0.05, 0) is 37.2 Å². The second-order valence-electron chi connectivity index (χ2n) is 6.10. The number of imidazole rings is 1. The van der Waals surface area contributed by atoms with Gasteiger partial charge in [0.1, 0.15) is 6.33 Å². The molecule has 4 heteroatoms. The smallest absolute Gasteiger partial charge is 0.323 e. The van der Waals surface area contributed by atoms with Crippen LogP contribution in [0, 0.1) is 5.41 Å². The van der Waals surface area contributed by atoms with Crippen molar-refractivity contribution in [2.24, 2.45) is 5.41 Å². The van der Waals surface area contributed by atoms with Crippen molar-refractivity contribution in [2.45, 2.75) is 40.0 Å². The van der Waals surface area contributed by atoms with E-state index in [-0.39, 0.29) is 11.4 Å². The highest BCUT2D eigenvalue weighted by Crippen LogP contribution is 2.40. The number of nitrogens with zero attached hydrogens (tertiary/aromatic N) is 3. The maximum absolute atomic E-state index is 12.2. The van der Waals surface area contributed by atoms with E-state index in [2.05, 4.69) is 25.8 Å². The number of carbonyl (C=O) groups is 1. The van der Waals surface area contributed by atoms with Crippen LogP contribution in [0.15, 0.2) is 29.9 Å². The monoisotopic (exact) mass is 261 g/mol. The van der Waals surface area contributed by atoms with E-state index < -0.39 is 0 Å². The number of amides is 1. The van der Waals surface area contributed by atoms with Gasteiger partial charge >= 0.3 is 6.03 Å². The molecule has 19 heavy (non-hydrogen) atoms. The van der Waals surface area contributed by atoms with Crippen molar-refractivity contribution in [1.29, 1.82) is 0 Å². The van der Waals surface area contributed by atoms with Crippen LogP contribution in [0.5, 0.6) is 0 Å². The summed E-state index contributed by atoms with van der Waals surface area (Å²) in [4.78, 5) is 17.9. The second kappa shape index (κ2) is 5.19. The number of carbonyl (C=O) groups excluding carboxylic acids is 1. The van der Waals surface area contributed by atoms with Gasteiger partial charge in [0, 0.05) is 26.0 Å². The van der Waals surface area contributed by atoms with Gasteiger partial charge in [-0.15, -0.1) is 0 Å². The lowest BCUT2D eigenvalue weighted by atomic mass is 9.72. The topological polar surface area (TPSA) is 38.1 Å².